The van der Waals surface area contributed by atoms with E-state index >= 15 is 0 Å². The van der Waals surface area contributed by atoms with Gasteiger partial charge in [0.05, 0.1) is 5.92 Å². The highest BCUT2D eigenvalue weighted by atomic mass is 16.2. The molecular formula is C17H27N3O. The molecule has 2 heterocycles. The Morgan fingerprint density at radius 1 is 1.38 bits per heavy atom. The minimum absolute atomic E-state index is 0.158. The summed E-state index contributed by atoms with van der Waals surface area (Å²) in [4.78, 5) is 21.4. The van der Waals surface area contributed by atoms with Gasteiger partial charge in [0.25, 0.3) is 0 Å². The van der Waals surface area contributed by atoms with Gasteiger partial charge in [0.15, 0.2) is 0 Å². The third-order valence-corrected chi connectivity index (χ3v) is 4.28. The first-order valence-electron chi connectivity index (χ1n) is 7.99. The van der Waals surface area contributed by atoms with E-state index in [1.54, 1.807) is 0 Å². The minimum atomic E-state index is 0.158. The van der Waals surface area contributed by atoms with Crippen LogP contribution in [0.15, 0.2) is 24.4 Å². The Morgan fingerprint density at radius 3 is 2.76 bits per heavy atom. The Kier molecular flexibility index (Phi) is 5.74. The topological polar surface area (TPSA) is 36.4 Å². The molecule has 0 spiro atoms. The molecule has 2 atom stereocenters. The molecular weight excluding hydrogens is 262 g/mol. The van der Waals surface area contributed by atoms with Gasteiger partial charge < -0.3 is 9.80 Å². The standard InChI is InChI=1S/C17H27N3O/c1-4-10-20(11-8-15-7-5-6-9-18-15)17(21)16-13-19(3)12-14(16)2/h5-7,9,14,16H,4,8,10-13H2,1-3H3/t14-,16+/m0/s1. The molecule has 0 radical (unpaired) electrons. The number of hydrogen-bond donors (Lipinski definition) is 0. The lowest BCUT2D eigenvalue weighted by molar-refractivity contribution is -0.136. The molecule has 0 aromatic carbocycles. The molecule has 1 aliphatic rings. The monoisotopic (exact) mass is 289 g/mol. The van der Waals surface area contributed by atoms with Crippen LogP contribution in [0.4, 0.5) is 0 Å². The van der Waals surface area contributed by atoms with Crippen molar-refractivity contribution in [3.05, 3.63) is 30.1 Å². The van der Waals surface area contributed by atoms with Crippen molar-refractivity contribution < 1.29 is 4.79 Å². The summed E-state index contributed by atoms with van der Waals surface area (Å²) in [5.41, 5.74) is 1.06. The molecule has 0 saturated carbocycles. The zero-order chi connectivity index (χ0) is 15.2. The van der Waals surface area contributed by atoms with Crippen molar-refractivity contribution in [1.29, 1.82) is 0 Å². The second-order valence-corrected chi connectivity index (χ2v) is 6.20. The quantitative estimate of drug-likeness (QED) is 0.804. The highest BCUT2D eigenvalue weighted by Crippen LogP contribution is 2.23. The Bertz CT molecular complexity index is 449. The van der Waals surface area contributed by atoms with Crippen LogP contribution in [0.1, 0.15) is 26.0 Å². The van der Waals surface area contributed by atoms with Gasteiger partial charge in [-0.25, -0.2) is 0 Å². The fourth-order valence-electron chi connectivity index (χ4n) is 3.16. The Hall–Kier alpha value is -1.42. The first-order chi connectivity index (χ1) is 10.1. The molecule has 116 valence electrons. The number of likely N-dealkylation sites (tertiary alicyclic amines) is 1. The van der Waals surface area contributed by atoms with Crippen LogP contribution in [0.2, 0.25) is 0 Å². The Labute approximate surface area is 128 Å². The summed E-state index contributed by atoms with van der Waals surface area (Å²) in [5.74, 6) is 0.937. The summed E-state index contributed by atoms with van der Waals surface area (Å²) in [6, 6.07) is 5.96. The predicted molar refractivity (Wildman–Crippen MR) is 85.0 cm³/mol. The molecule has 1 aromatic heterocycles. The maximum absolute atomic E-state index is 12.8. The number of carbonyl (C=O) groups excluding carboxylic acids is 1. The summed E-state index contributed by atoms with van der Waals surface area (Å²) in [6.45, 7) is 7.86. The first-order valence-corrected chi connectivity index (χ1v) is 7.99. The maximum atomic E-state index is 12.8. The van der Waals surface area contributed by atoms with Gasteiger partial charge in [-0.15, -0.1) is 0 Å². The number of carbonyl (C=O) groups is 1. The summed E-state index contributed by atoms with van der Waals surface area (Å²) >= 11 is 0. The number of pyridine rings is 1. The fraction of sp³-hybridized carbons (Fsp3) is 0.647. The highest BCUT2D eigenvalue weighted by Gasteiger charge is 2.35. The van der Waals surface area contributed by atoms with Crippen LogP contribution < -0.4 is 0 Å². The van der Waals surface area contributed by atoms with E-state index < -0.39 is 0 Å². The van der Waals surface area contributed by atoms with E-state index in [0.29, 0.717) is 11.8 Å². The summed E-state index contributed by atoms with van der Waals surface area (Å²) < 4.78 is 0. The second-order valence-electron chi connectivity index (χ2n) is 6.20. The van der Waals surface area contributed by atoms with Crippen molar-refractivity contribution in [2.24, 2.45) is 11.8 Å². The van der Waals surface area contributed by atoms with E-state index in [-0.39, 0.29) is 5.92 Å². The third kappa shape index (κ3) is 4.27. The van der Waals surface area contributed by atoms with Crippen molar-refractivity contribution >= 4 is 5.91 Å². The predicted octanol–water partition coefficient (Wildman–Crippen LogP) is 2.06. The Morgan fingerprint density at radius 2 is 2.19 bits per heavy atom. The lowest BCUT2D eigenvalue weighted by Crippen LogP contribution is -2.40. The number of nitrogens with zero attached hydrogens (tertiary/aromatic N) is 3. The molecule has 0 N–H and O–H groups in total. The minimum Gasteiger partial charge on any atom is -0.342 e. The van der Waals surface area contributed by atoms with Crippen molar-refractivity contribution in [1.82, 2.24) is 14.8 Å². The van der Waals surface area contributed by atoms with Gasteiger partial charge >= 0.3 is 0 Å². The van der Waals surface area contributed by atoms with Gasteiger partial charge in [-0.05, 0) is 31.5 Å². The summed E-state index contributed by atoms with van der Waals surface area (Å²) in [6.07, 6.45) is 3.66. The van der Waals surface area contributed by atoms with E-state index in [9.17, 15) is 4.79 Å². The molecule has 1 saturated heterocycles. The fourth-order valence-corrected chi connectivity index (χ4v) is 3.16. The third-order valence-electron chi connectivity index (χ3n) is 4.28. The molecule has 4 nitrogen and oxygen atoms in total. The first kappa shape index (κ1) is 16.0. The van der Waals surface area contributed by atoms with Crippen LogP contribution in [-0.2, 0) is 11.2 Å². The van der Waals surface area contributed by atoms with Crippen LogP contribution in [0.3, 0.4) is 0 Å². The van der Waals surface area contributed by atoms with E-state index in [0.717, 1.165) is 44.7 Å². The molecule has 1 amide bonds. The van der Waals surface area contributed by atoms with Gasteiger partial charge in [0.2, 0.25) is 5.91 Å². The van der Waals surface area contributed by atoms with Crippen molar-refractivity contribution in [2.45, 2.75) is 26.7 Å². The van der Waals surface area contributed by atoms with E-state index in [2.05, 4.69) is 30.8 Å². The van der Waals surface area contributed by atoms with Crippen molar-refractivity contribution in [3.63, 3.8) is 0 Å². The van der Waals surface area contributed by atoms with Crippen LogP contribution in [0, 0.1) is 11.8 Å². The molecule has 21 heavy (non-hydrogen) atoms. The van der Waals surface area contributed by atoms with E-state index in [4.69, 9.17) is 0 Å². The zero-order valence-corrected chi connectivity index (χ0v) is 13.5. The van der Waals surface area contributed by atoms with Crippen LogP contribution in [0.25, 0.3) is 0 Å². The normalized spacial score (nSPS) is 22.4. The average Bonchev–Trinajstić information content (AvgIpc) is 2.82. The van der Waals surface area contributed by atoms with Crippen LogP contribution >= 0.6 is 0 Å². The molecule has 0 aliphatic carbocycles. The number of hydrogen-bond acceptors (Lipinski definition) is 3. The van der Waals surface area contributed by atoms with Gasteiger partial charge in [-0.3, -0.25) is 9.78 Å². The van der Waals surface area contributed by atoms with E-state index in [1.807, 2.05) is 29.3 Å². The summed E-state index contributed by atoms with van der Waals surface area (Å²) in [5, 5.41) is 0. The number of aromatic nitrogens is 1. The van der Waals surface area contributed by atoms with E-state index in [1.165, 1.54) is 0 Å². The average molecular weight is 289 g/mol. The van der Waals surface area contributed by atoms with Gasteiger partial charge in [-0.1, -0.05) is 19.9 Å². The molecule has 1 fully saturated rings. The molecule has 2 rings (SSSR count). The largest absolute Gasteiger partial charge is 0.342 e. The number of rotatable bonds is 6. The molecule has 1 aliphatic heterocycles. The number of amides is 1. The van der Waals surface area contributed by atoms with Gasteiger partial charge in [0, 0.05) is 44.5 Å². The molecule has 0 bridgehead atoms. The van der Waals surface area contributed by atoms with Crippen molar-refractivity contribution in [2.75, 3.05) is 33.2 Å². The van der Waals surface area contributed by atoms with Crippen LogP contribution in [0.5, 0.6) is 0 Å². The lowest BCUT2D eigenvalue weighted by Gasteiger charge is -2.26. The van der Waals surface area contributed by atoms with Crippen molar-refractivity contribution in [3.8, 4) is 0 Å². The molecule has 0 unspecified atom stereocenters. The zero-order valence-electron chi connectivity index (χ0n) is 13.5. The smallest absolute Gasteiger partial charge is 0.227 e. The highest BCUT2D eigenvalue weighted by molar-refractivity contribution is 5.79. The van der Waals surface area contributed by atoms with Gasteiger partial charge in [0.1, 0.15) is 0 Å². The summed E-state index contributed by atoms with van der Waals surface area (Å²) in [7, 11) is 2.10. The maximum Gasteiger partial charge on any atom is 0.227 e. The lowest BCUT2D eigenvalue weighted by atomic mass is 9.96. The Balaban J connectivity index is 1.96. The SMILES string of the molecule is CCCN(CCc1ccccn1)C(=O)[C@@H]1CN(C)C[C@@H]1C. The van der Waals surface area contributed by atoms with Crippen LogP contribution in [-0.4, -0.2) is 53.9 Å². The van der Waals surface area contributed by atoms with Gasteiger partial charge in [-0.2, -0.15) is 0 Å². The molecule has 4 heteroatoms. The molecule has 1 aromatic rings. The second kappa shape index (κ2) is 7.55.